The van der Waals surface area contributed by atoms with Gasteiger partial charge in [0.1, 0.15) is 0 Å². The summed E-state index contributed by atoms with van der Waals surface area (Å²) in [5, 5.41) is 15.9. The van der Waals surface area contributed by atoms with Gasteiger partial charge in [-0.2, -0.15) is 0 Å². The molecular weight excluding hydrogens is 360 g/mol. The van der Waals surface area contributed by atoms with Gasteiger partial charge in [-0.15, -0.1) is 0 Å². The van der Waals surface area contributed by atoms with Crippen molar-refractivity contribution in [3.63, 3.8) is 0 Å². The number of aliphatic hydroxyl groups is 1. The van der Waals surface area contributed by atoms with Gasteiger partial charge >= 0.3 is 11.9 Å². The van der Waals surface area contributed by atoms with Gasteiger partial charge in [-0.1, -0.05) is 13.3 Å². The molecular formula is C21H26N2O5. The molecule has 0 spiro atoms. The van der Waals surface area contributed by atoms with E-state index in [9.17, 15) is 14.7 Å². The Morgan fingerprint density at radius 1 is 0.857 bits per heavy atom. The molecule has 2 rings (SSSR count). The van der Waals surface area contributed by atoms with Crippen molar-refractivity contribution in [1.82, 2.24) is 0 Å². The van der Waals surface area contributed by atoms with E-state index >= 15 is 0 Å². The smallest absolute Gasteiger partial charge is 0.338 e. The number of nitrogens with one attached hydrogen (secondary N) is 2. The minimum atomic E-state index is -1.06. The van der Waals surface area contributed by atoms with Crippen molar-refractivity contribution >= 4 is 23.3 Å². The zero-order chi connectivity index (χ0) is 20.4. The molecule has 3 N–H and O–H groups in total. The van der Waals surface area contributed by atoms with Crippen LogP contribution in [0.4, 0.5) is 11.4 Å². The first-order valence-corrected chi connectivity index (χ1v) is 9.29. The third-order valence-corrected chi connectivity index (χ3v) is 3.85. The number of anilines is 2. The minimum Gasteiger partial charge on any atom is -0.462 e. The summed E-state index contributed by atoms with van der Waals surface area (Å²) >= 11 is 0. The predicted octanol–water partition coefficient (Wildman–Crippen LogP) is 3.62. The fourth-order valence-electron chi connectivity index (χ4n) is 2.36. The van der Waals surface area contributed by atoms with E-state index in [0.29, 0.717) is 35.7 Å². The Morgan fingerprint density at radius 2 is 1.32 bits per heavy atom. The maximum Gasteiger partial charge on any atom is 0.338 e. The molecule has 0 saturated heterocycles. The molecule has 2 aromatic carbocycles. The number of unbranched alkanes of at least 4 members (excludes halogenated alkanes) is 1. The molecule has 0 aliphatic heterocycles. The number of carbonyl (C=O) groups excluding carboxylic acids is 2. The summed E-state index contributed by atoms with van der Waals surface area (Å²) in [6.07, 6.45) is 0.743. The fourth-order valence-corrected chi connectivity index (χ4v) is 2.36. The molecule has 7 nitrogen and oxygen atoms in total. The molecule has 0 amide bonds. The van der Waals surface area contributed by atoms with Gasteiger partial charge < -0.3 is 25.2 Å². The molecule has 2 aromatic rings. The summed E-state index contributed by atoms with van der Waals surface area (Å²) in [7, 11) is 0. The number of esters is 2. The van der Waals surface area contributed by atoms with Crippen molar-refractivity contribution in [3.05, 3.63) is 59.7 Å². The van der Waals surface area contributed by atoms with Gasteiger partial charge in [-0.05, 0) is 61.9 Å². The van der Waals surface area contributed by atoms with E-state index in [-0.39, 0.29) is 11.9 Å². The zero-order valence-corrected chi connectivity index (χ0v) is 16.1. The molecule has 1 atom stereocenters. The first-order valence-electron chi connectivity index (χ1n) is 9.29. The zero-order valence-electron chi connectivity index (χ0n) is 16.1. The van der Waals surface area contributed by atoms with Crippen molar-refractivity contribution in [2.45, 2.75) is 33.0 Å². The quantitative estimate of drug-likeness (QED) is 0.326. The molecule has 150 valence electrons. The Bertz CT molecular complexity index is 759. The summed E-state index contributed by atoms with van der Waals surface area (Å²) in [5.74, 6) is -0.749. The minimum absolute atomic E-state index is 0.316. The summed E-state index contributed by atoms with van der Waals surface area (Å²) < 4.78 is 10.1. The highest BCUT2D eigenvalue weighted by atomic mass is 16.5. The second-order valence-electron chi connectivity index (χ2n) is 6.06. The van der Waals surface area contributed by atoms with Crippen LogP contribution >= 0.6 is 0 Å². The number of hydrogen-bond donors (Lipinski definition) is 3. The van der Waals surface area contributed by atoms with Gasteiger partial charge in [-0.25, -0.2) is 9.59 Å². The molecule has 0 aromatic heterocycles. The van der Waals surface area contributed by atoms with E-state index in [2.05, 4.69) is 10.6 Å². The first kappa shape index (κ1) is 21.2. The van der Waals surface area contributed by atoms with Crippen molar-refractivity contribution in [1.29, 1.82) is 0 Å². The van der Waals surface area contributed by atoms with Crippen LogP contribution in [0.3, 0.4) is 0 Å². The lowest BCUT2D eigenvalue weighted by molar-refractivity contribution is 0.0496. The maximum absolute atomic E-state index is 11.9. The first-order chi connectivity index (χ1) is 13.5. The third kappa shape index (κ3) is 6.59. The van der Waals surface area contributed by atoms with E-state index in [1.165, 1.54) is 0 Å². The highest BCUT2D eigenvalue weighted by Gasteiger charge is 2.09. The normalized spacial score (nSPS) is 11.4. The Balaban J connectivity index is 1.86. The number of carbonyl (C=O) groups is 2. The molecule has 1 unspecified atom stereocenters. The number of ether oxygens (including phenoxy) is 2. The van der Waals surface area contributed by atoms with Crippen LogP contribution in [0, 0.1) is 0 Å². The van der Waals surface area contributed by atoms with Crippen LogP contribution in [-0.2, 0) is 9.47 Å². The molecule has 0 aliphatic rings. The molecule has 7 heteroatoms. The predicted molar refractivity (Wildman–Crippen MR) is 107 cm³/mol. The van der Waals surface area contributed by atoms with Crippen LogP contribution in [0.25, 0.3) is 0 Å². The van der Waals surface area contributed by atoms with Gasteiger partial charge in [0, 0.05) is 11.4 Å². The summed E-state index contributed by atoms with van der Waals surface area (Å²) in [4.78, 5) is 23.5. The molecule has 0 aliphatic carbocycles. The summed E-state index contributed by atoms with van der Waals surface area (Å²) in [6.45, 7) is 4.50. The van der Waals surface area contributed by atoms with Gasteiger partial charge in [0.15, 0.2) is 0 Å². The van der Waals surface area contributed by atoms with Crippen molar-refractivity contribution in [3.8, 4) is 0 Å². The maximum atomic E-state index is 11.9. The standard InChI is InChI=1S/C21H26N2O5/c1-3-5-14-28-20(25)16-8-12-18(13-9-16)23-21(26)22-17-10-6-15(7-11-17)19(24)27-4-2/h6-13,21-23,26H,3-5,14H2,1-2H3. The van der Waals surface area contributed by atoms with Gasteiger partial charge in [0.25, 0.3) is 0 Å². The Kier molecular flexibility index (Phi) is 8.30. The Labute approximate surface area is 164 Å². The van der Waals surface area contributed by atoms with E-state index < -0.39 is 6.35 Å². The Hall–Kier alpha value is -3.06. The lowest BCUT2D eigenvalue weighted by Gasteiger charge is -2.17. The highest BCUT2D eigenvalue weighted by molar-refractivity contribution is 5.90. The molecule has 0 fully saturated rings. The van der Waals surface area contributed by atoms with Crippen LogP contribution in [0.15, 0.2) is 48.5 Å². The second kappa shape index (κ2) is 10.9. The van der Waals surface area contributed by atoms with Crippen LogP contribution in [0.2, 0.25) is 0 Å². The number of benzene rings is 2. The lowest BCUT2D eigenvalue weighted by Crippen LogP contribution is -2.28. The number of rotatable bonds is 10. The van der Waals surface area contributed by atoms with Gasteiger partial charge in [-0.3, -0.25) is 0 Å². The highest BCUT2D eigenvalue weighted by Crippen LogP contribution is 2.14. The van der Waals surface area contributed by atoms with Crippen LogP contribution in [0.1, 0.15) is 47.4 Å². The van der Waals surface area contributed by atoms with E-state index in [1.54, 1.807) is 55.5 Å². The van der Waals surface area contributed by atoms with E-state index in [1.807, 2.05) is 6.92 Å². The summed E-state index contributed by atoms with van der Waals surface area (Å²) in [6, 6.07) is 13.2. The molecule has 0 heterocycles. The van der Waals surface area contributed by atoms with Crippen molar-refractivity contribution in [2.24, 2.45) is 0 Å². The van der Waals surface area contributed by atoms with E-state index in [4.69, 9.17) is 9.47 Å². The number of aliphatic hydroxyl groups excluding tert-OH is 1. The van der Waals surface area contributed by atoms with Crippen LogP contribution in [0.5, 0.6) is 0 Å². The molecule has 0 bridgehead atoms. The van der Waals surface area contributed by atoms with Gasteiger partial charge in [0.05, 0.1) is 24.3 Å². The average molecular weight is 386 g/mol. The molecule has 0 radical (unpaired) electrons. The van der Waals surface area contributed by atoms with Gasteiger partial charge in [0.2, 0.25) is 6.35 Å². The largest absolute Gasteiger partial charge is 0.462 e. The summed E-state index contributed by atoms with van der Waals surface area (Å²) in [5.41, 5.74) is 2.16. The molecule has 0 saturated carbocycles. The van der Waals surface area contributed by atoms with E-state index in [0.717, 1.165) is 12.8 Å². The monoisotopic (exact) mass is 386 g/mol. The number of hydrogen-bond acceptors (Lipinski definition) is 7. The third-order valence-electron chi connectivity index (χ3n) is 3.85. The fraction of sp³-hybridized carbons (Fsp3) is 0.333. The average Bonchev–Trinajstić information content (AvgIpc) is 2.69. The Morgan fingerprint density at radius 3 is 1.75 bits per heavy atom. The van der Waals surface area contributed by atoms with Crippen molar-refractivity contribution in [2.75, 3.05) is 23.8 Å². The lowest BCUT2D eigenvalue weighted by atomic mass is 10.2. The van der Waals surface area contributed by atoms with Crippen LogP contribution < -0.4 is 10.6 Å². The SMILES string of the molecule is CCCCOC(=O)c1ccc(NC(O)Nc2ccc(C(=O)OCC)cc2)cc1. The second-order valence-corrected chi connectivity index (χ2v) is 6.06. The van der Waals surface area contributed by atoms with Crippen molar-refractivity contribution < 1.29 is 24.2 Å². The molecule has 28 heavy (non-hydrogen) atoms. The van der Waals surface area contributed by atoms with Crippen LogP contribution in [-0.4, -0.2) is 36.6 Å². The topological polar surface area (TPSA) is 96.9 Å².